The van der Waals surface area contributed by atoms with E-state index in [1.165, 1.54) is 0 Å². The molecule has 0 atom stereocenters. The molecule has 1 aromatic carbocycles. The third kappa shape index (κ3) is 2.06. The highest BCUT2D eigenvalue weighted by Gasteiger charge is 2.17. The van der Waals surface area contributed by atoms with Crippen molar-refractivity contribution in [3.05, 3.63) is 48.4 Å². The van der Waals surface area contributed by atoms with Crippen LogP contribution >= 0.6 is 11.8 Å². The highest BCUT2D eigenvalue weighted by molar-refractivity contribution is 7.98. The second-order valence-electron chi connectivity index (χ2n) is 4.07. The lowest BCUT2D eigenvalue weighted by Crippen LogP contribution is -1.99. The van der Waals surface area contributed by atoms with E-state index in [0.29, 0.717) is 0 Å². The van der Waals surface area contributed by atoms with Gasteiger partial charge in [0.2, 0.25) is 0 Å². The summed E-state index contributed by atoms with van der Waals surface area (Å²) in [5.41, 5.74) is 2.02. The van der Waals surface area contributed by atoms with Crippen molar-refractivity contribution in [2.24, 2.45) is 0 Å². The fourth-order valence-electron chi connectivity index (χ4n) is 2.00. The SMILES string of the molecule is CSc1nnc(-c2ccoc2C)n1-c1ccccc1. The number of furan rings is 1. The van der Waals surface area contributed by atoms with Gasteiger partial charge in [0.25, 0.3) is 0 Å². The van der Waals surface area contributed by atoms with Crippen LogP contribution in [0.3, 0.4) is 0 Å². The average molecular weight is 271 g/mol. The Kier molecular flexibility index (Phi) is 3.13. The first-order valence-electron chi connectivity index (χ1n) is 5.90. The van der Waals surface area contributed by atoms with Gasteiger partial charge < -0.3 is 4.42 Å². The van der Waals surface area contributed by atoms with E-state index >= 15 is 0 Å². The maximum Gasteiger partial charge on any atom is 0.195 e. The molecule has 0 bridgehead atoms. The number of nitrogens with zero attached hydrogens (tertiary/aromatic N) is 3. The summed E-state index contributed by atoms with van der Waals surface area (Å²) < 4.78 is 7.41. The first-order valence-corrected chi connectivity index (χ1v) is 7.13. The maximum atomic E-state index is 5.36. The summed E-state index contributed by atoms with van der Waals surface area (Å²) in [6, 6.07) is 12.0. The van der Waals surface area contributed by atoms with Crippen LogP contribution in [0.25, 0.3) is 17.1 Å². The molecule has 3 aromatic rings. The van der Waals surface area contributed by atoms with Crippen LogP contribution in [0.1, 0.15) is 5.76 Å². The molecular weight excluding hydrogens is 258 g/mol. The van der Waals surface area contributed by atoms with Gasteiger partial charge in [0.15, 0.2) is 11.0 Å². The molecule has 0 aliphatic rings. The van der Waals surface area contributed by atoms with E-state index in [4.69, 9.17) is 4.42 Å². The molecule has 3 rings (SSSR count). The van der Waals surface area contributed by atoms with E-state index < -0.39 is 0 Å². The molecule has 0 spiro atoms. The number of hydrogen-bond acceptors (Lipinski definition) is 4. The van der Waals surface area contributed by atoms with Crippen LogP contribution in [-0.2, 0) is 0 Å². The highest BCUT2D eigenvalue weighted by Crippen LogP contribution is 2.29. The smallest absolute Gasteiger partial charge is 0.195 e. The molecule has 2 heterocycles. The van der Waals surface area contributed by atoms with Crippen LogP contribution in [0.5, 0.6) is 0 Å². The summed E-state index contributed by atoms with van der Waals surface area (Å²) in [6.45, 7) is 1.93. The van der Waals surface area contributed by atoms with Crippen LogP contribution in [0.4, 0.5) is 0 Å². The number of benzene rings is 1. The van der Waals surface area contributed by atoms with E-state index in [2.05, 4.69) is 10.2 Å². The minimum atomic E-state index is 0.807. The monoisotopic (exact) mass is 271 g/mol. The molecule has 0 unspecified atom stereocenters. The predicted molar refractivity (Wildman–Crippen MR) is 75.6 cm³/mol. The van der Waals surface area contributed by atoms with E-state index in [9.17, 15) is 0 Å². The number of thioether (sulfide) groups is 1. The minimum Gasteiger partial charge on any atom is -0.469 e. The molecular formula is C14H13N3OS. The van der Waals surface area contributed by atoms with Gasteiger partial charge in [0.05, 0.1) is 11.8 Å². The van der Waals surface area contributed by atoms with Gasteiger partial charge in [-0.3, -0.25) is 4.57 Å². The molecule has 4 nitrogen and oxygen atoms in total. The number of para-hydroxylation sites is 1. The van der Waals surface area contributed by atoms with Crippen LogP contribution < -0.4 is 0 Å². The molecule has 0 fully saturated rings. The van der Waals surface area contributed by atoms with Gasteiger partial charge >= 0.3 is 0 Å². The van der Waals surface area contributed by atoms with Crippen molar-refractivity contribution < 1.29 is 4.42 Å². The van der Waals surface area contributed by atoms with Crippen molar-refractivity contribution >= 4 is 11.8 Å². The molecule has 5 heteroatoms. The van der Waals surface area contributed by atoms with Gasteiger partial charge in [-0.05, 0) is 31.4 Å². The van der Waals surface area contributed by atoms with Crippen molar-refractivity contribution in [1.29, 1.82) is 0 Å². The van der Waals surface area contributed by atoms with Crippen molar-refractivity contribution in [1.82, 2.24) is 14.8 Å². The molecule has 96 valence electrons. The third-order valence-corrected chi connectivity index (χ3v) is 3.56. The zero-order chi connectivity index (χ0) is 13.2. The number of aromatic nitrogens is 3. The topological polar surface area (TPSA) is 43.9 Å². The quantitative estimate of drug-likeness (QED) is 0.683. The predicted octanol–water partition coefficient (Wildman–Crippen LogP) is 3.56. The molecule has 0 aliphatic carbocycles. The highest BCUT2D eigenvalue weighted by atomic mass is 32.2. The van der Waals surface area contributed by atoms with Gasteiger partial charge in [-0.2, -0.15) is 0 Å². The lowest BCUT2D eigenvalue weighted by atomic mass is 10.2. The maximum absolute atomic E-state index is 5.36. The largest absolute Gasteiger partial charge is 0.469 e. The molecule has 2 aromatic heterocycles. The Balaban J connectivity index is 2.23. The summed E-state index contributed by atoms with van der Waals surface area (Å²) in [5.74, 6) is 1.65. The summed E-state index contributed by atoms with van der Waals surface area (Å²) in [7, 11) is 0. The van der Waals surface area contributed by atoms with Gasteiger partial charge in [-0.1, -0.05) is 30.0 Å². The van der Waals surface area contributed by atoms with Gasteiger partial charge in [-0.15, -0.1) is 10.2 Å². The lowest BCUT2D eigenvalue weighted by Gasteiger charge is -2.08. The van der Waals surface area contributed by atoms with Crippen LogP contribution in [-0.4, -0.2) is 21.0 Å². The number of hydrogen-bond donors (Lipinski definition) is 0. The van der Waals surface area contributed by atoms with Gasteiger partial charge in [0, 0.05) is 5.69 Å². The third-order valence-electron chi connectivity index (χ3n) is 2.93. The molecule has 19 heavy (non-hydrogen) atoms. The zero-order valence-corrected chi connectivity index (χ0v) is 11.5. The Morgan fingerprint density at radius 2 is 1.89 bits per heavy atom. The van der Waals surface area contributed by atoms with E-state index in [1.807, 2.05) is 54.1 Å². The summed E-state index contributed by atoms with van der Waals surface area (Å²) in [5, 5.41) is 9.40. The summed E-state index contributed by atoms with van der Waals surface area (Å²) >= 11 is 1.57. The summed E-state index contributed by atoms with van der Waals surface area (Å²) in [4.78, 5) is 0. The number of aryl methyl sites for hydroxylation is 1. The van der Waals surface area contributed by atoms with Crippen LogP contribution in [0, 0.1) is 6.92 Å². The second-order valence-corrected chi connectivity index (χ2v) is 4.85. The summed E-state index contributed by atoms with van der Waals surface area (Å²) in [6.07, 6.45) is 3.67. The van der Waals surface area contributed by atoms with Crippen molar-refractivity contribution in [2.45, 2.75) is 12.1 Å². The van der Waals surface area contributed by atoms with Crippen LogP contribution in [0.2, 0.25) is 0 Å². The fraction of sp³-hybridized carbons (Fsp3) is 0.143. The fourth-order valence-corrected chi connectivity index (χ4v) is 2.50. The minimum absolute atomic E-state index is 0.807. The Labute approximate surface area is 115 Å². The Morgan fingerprint density at radius 1 is 1.11 bits per heavy atom. The number of rotatable bonds is 3. The first kappa shape index (κ1) is 12.0. The standard InChI is InChI=1S/C14H13N3OS/c1-10-12(8-9-18-10)13-15-16-14(19-2)17(13)11-6-4-3-5-7-11/h3-9H,1-2H3. The molecule has 0 N–H and O–H groups in total. The Bertz CT molecular complexity index is 688. The van der Waals surface area contributed by atoms with Crippen molar-refractivity contribution in [3.63, 3.8) is 0 Å². The zero-order valence-electron chi connectivity index (χ0n) is 10.7. The normalized spacial score (nSPS) is 10.8. The van der Waals surface area contributed by atoms with Gasteiger partial charge in [-0.25, -0.2) is 0 Å². The van der Waals surface area contributed by atoms with E-state index in [1.54, 1.807) is 18.0 Å². The average Bonchev–Trinajstić information content (AvgIpc) is 3.05. The first-order chi connectivity index (χ1) is 9.31. The molecule has 0 radical (unpaired) electrons. The van der Waals surface area contributed by atoms with Crippen LogP contribution in [0.15, 0.2) is 52.2 Å². The Morgan fingerprint density at radius 3 is 2.53 bits per heavy atom. The second kappa shape index (κ2) is 4.93. The molecule has 0 saturated carbocycles. The Hall–Kier alpha value is -2.01. The molecule has 0 amide bonds. The molecule has 0 saturated heterocycles. The van der Waals surface area contributed by atoms with E-state index in [-0.39, 0.29) is 0 Å². The van der Waals surface area contributed by atoms with Crippen molar-refractivity contribution in [2.75, 3.05) is 6.26 Å². The van der Waals surface area contributed by atoms with Crippen molar-refractivity contribution in [3.8, 4) is 17.1 Å². The van der Waals surface area contributed by atoms with E-state index in [0.717, 1.165) is 28.0 Å². The lowest BCUT2D eigenvalue weighted by molar-refractivity contribution is 0.535. The van der Waals surface area contributed by atoms with Gasteiger partial charge in [0.1, 0.15) is 5.76 Å². The molecule has 0 aliphatic heterocycles.